The summed E-state index contributed by atoms with van der Waals surface area (Å²) in [7, 11) is 1.36. The molecule has 1 amide bonds. The van der Waals surface area contributed by atoms with Gasteiger partial charge in [0.25, 0.3) is 0 Å². The first-order valence-corrected chi connectivity index (χ1v) is 3.73. The Hall–Kier alpha value is -1.36. The first kappa shape index (κ1) is 11.6. The number of hydrogen-bond donors (Lipinski definition) is 2. The summed E-state index contributed by atoms with van der Waals surface area (Å²) in [6, 6.07) is -0.917. The first-order valence-electron chi connectivity index (χ1n) is 3.73. The lowest BCUT2D eigenvalue weighted by Gasteiger charge is -2.11. The van der Waals surface area contributed by atoms with Crippen molar-refractivity contribution < 1.29 is 19.4 Å². The number of aliphatic carboxylic acids is 1. The second-order valence-corrected chi connectivity index (χ2v) is 2.42. The molecule has 0 heterocycles. The smallest absolute Gasteiger partial charge is 0.326 e. The van der Waals surface area contributed by atoms with E-state index in [-0.39, 0.29) is 13.0 Å². The summed E-state index contributed by atoms with van der Waals surface area (Å²) < 4.78 is 4.53. The number of carboxylic acid groups (broad SMARTS) is 1. The average Bonchev–Trinajstić information content (AvgIpc) is 2.04. The Morgan fingerprint density at radius 2 is 2.31 bits per heavy atom. The second kappa shape index (κ2) is 6.19. The number of ether oxygens (including phenoxy) is 1. The van der Waals surface area contributed by atoms with Gasteiger partial charge in [0.1, 0.15) is 12.6 Å². The van der Waals surface area contributed by atoms with Crippen LogP contribution in [0.4, 0.5) is 0 Å². The lowest BCUT2D eigenvalue weighted by Crippen LogP contribution is -2.41. The summed E-state index contributed by atoms with van der Waals surface area (Å²) >= 11 is 0. The molecule has 1 atom stereocenters. The maximum atomic E-state index is 10.9. The molecule has 0 saturated heterocycles. The third-order valence-corrected chi connectivity index (χ3v) is 1.31. The number of carbonyl (C=O) groups excluding carboxylic acids is 1. The lowest BCUT2D eigenvalue weighted by atomic mass is 10.2. The van der Waals surface area contributed by atoms with Crippen LogP contribution in [0.1, 0.15) is 6.42 Å². The minimum atomic E-state index is -1.08. The Balaban J connectivity index is 4.01. The highest BCUT2D eigenvalue weighted by Crippen LogP contribution is 1.92. The zero-order chi connectivity index (χ0) is 10.3. The highest BCUT2D eigenvalue weighted by Gasteiger charge is 2.17. The molecule has 0 aromatic heterocycles. The lowest BCUT2D eigenvalue weighted by molar-refractivity contribution is -0.142. The van der Waals surface area contributed by atoms with E-state index in [0.717, 1.165) is 0 Å². The number of carbonyl (C=O) groups is 2. The molecule has 0 aromatic carbocycles. The van der Waals surface area contributed by atoms with E-state index in [0.29, 0.717) is 0 Å². The number of hydrogen-bond acceptors (Lipinski definition) is 3. The van der Waals surface area contributed by atoms with Gasteiger partial charge in [-0.1, -0.05) is 6.08 Å². The largest absolute Gasteiger partial charge is 0.480 e. The van der Waals surface area contributed by atoms with Gasteiger partial charge in [-0.3, -0.25) is 4.79 Å². The zero-order valence-electron chi connectivity index (χ0n) is 7.45. The van der Waals surface area contributed by atoms with Gasteiger partial charge in [0.2, 0.25) is 5.91 Å². The molecule has 2 N–H and O–H groups in total. The third-order valence-electron chi connectivity index (χ3n) is 1.31. The van der Waals surface area contributed by atoms with Crippen molar-refractivity contribution in [2.45, 2.75) is 12.5 Å². The minimum absolute atomic E-state index is 0.138. The Labute approximate surface area is 76.4 Å². The SMILES string of the molecule is C=CC[C@H](NC(=O)COC)C(=O)O. The summed E-state index contributed by atoms with van der Waals surface area (Å²) in [6.07, 6.45) is 1.64. The van der Waals surface area contributed by atoms with Crippen LogP contribution < -0.4 is 5.32 Å². The fraction of sp³-hybridized carbons (Fsp3) is 0.500. The van der Waals surface area contributed by atoms with E-state index in [2.05, 4.69) is 16.6 Å². The van der Waals surface area contributed by atoms with Gasteiger partial charge < -0.3 is 15.2 Å². The highest BCUT2D eigenvalue weighted by molar-refractivity contribution is 5.84. The van der Waals surface area contributed by atoms with Crippen LogP contribution in [0.3, 0.4) is 0 Å². The maximum absolute atomic E-state index is 10.9. The number of carboxylic acids is 1. The van der Waals surface area contributed by atoms with Gasteiger partial charge in [0.15, 0.2) is 0 Å². The molecule has 0 aliphatic carbocycles. The third kappa shape index (κ3) is 4.97. The molecule has 0 radical (unpaired) electrons. The monoisotopic (exact) mass is 187 g/mol. The summed E-state index contributed by atoms with van der Waals surface area (Å²) in [6.45, 7) is 3.25. The number of methoxy groups -OCH3 is 1. The van der Waals surface area contributed by atoms with Crippen molar-refractivity contribution in [3.63, 3.8) is 0 Å². The Morgan fingerprint density at radius 3 is 2.69 bits per heavy atom. The summed E-state index contributed by atoms with van der Waals surface area (Å²) in [4.78, 5) is 21.4. The fourth-order valence-electron chi connectivity index (χ4n) is 0.755. The normalized spacial score (nSPS) is 11.8. The summed E-state index contributed by atoms with van der Waals surface area (Å²) in [5.41, 5.74) is 0. The number of amides is 1. The van der Waals surface area contributed by atoms with E-state index >= 15 is 0 Å². The highest BCUT2D eigenvalue weighted by atomic mass is 16.5. The van der Waals surface area contributed by atoms with E-state index in [4.69, 9.17) is 5.11 Å². The number of rotatable bonds is 6. The van der Waals surface area contributed by atoms with Crippen molar-refractivity contribution in [2.75, 3.05) is 13.7 Å². The van der Waals surface area contributed by atoms with E-state index in [1.807, 2.05) is 0 Å². The van der Waals surface area contributed by atoms with Crippen LogP contribution in [0.5, 0.6) is 0 Å². The molecular formula is C8H13NO4. The van der Waals surface area contributed by atoms with E-state index in [1.165, 1.54) is 13.2 Å². The standard InChI is InChI=1S/C8H13NO4/c1-3-4-6(8(11)12)9-7(10)5-13-2/h3,6H,1,4-5H2,2H3,(H,9,10)(H,11,12)/t6-/m0/s1. The van der Waals surface area contributed by atoms with Gasteiger partial charge in [0, 0.05) is 7.11 Å². The van der Waals surface area contributed by atoms with Gasteiger partial charge in [-0.2, -0.15) is 0 Å². The van der Waals surface area contributed by atoms with Crippen LogP contribution in [-0.4, -0.2) is 36.7 Å². The van der Waals surface area contributed by atoms with E-state index in [9.17, 15) is 9.59 Å². The van der Waals surface area contributed by atoms with Crippen LogP contribution in [0.2, 0.25) is 0 Å². The Morgan fingerprint density at radius 1 is 1.69 bits per heavy atom. The van der Waals surface area contributed by atoms with Crippen molar-refractivity contribution in [3.8, 4) is 0 Å². The van der Waals surface area contributed by atoms with Gasteiger partial charge >= 0.3 is 5.97 Å². The van der Waals surface area contributed by atoms with Crippen LogP contribution in [0.25, 0.3) is 0 Å². The fourth-order valence-corrected chi connectivity index (χ4v) is 0.755. The summed E-state index contributed by atoms with van der Waals surface area (Å²) in [5, 5.41) is 10.9. The van der Waals surface area contributed by atoms with Crippen LogP contribution in [0, 0.1) is 0 Å². The Kier molecular flexibility index (Phi) is 5.54. The van der Waals surface area contributed by atoms with Crippen molar-refractivity contribution >= 4 is 11.9 Å². The minimum Gasteiger partial charge on any atom is -0.480 e. The molecule has 0 aliphatic rings. The molecule has 5 nitrogen and oxygen atoms in total. The molecule has 0 bridgehead atoms. The van der Waals surface area contributed by atoms with Gasteiger partial charge in [-0.15, -0.1) is 6.58 Å². The van der Waals surface area contributed by atoms with Crippen molar-refractivity contribution in [3.05, 3.63) is 12.7 Å². The predicted octanol–water partition coefficient (Wildman–Crippen LogP) is -0.222. The van der Waals surface area contributed by atoms with Crippen molar-refractivity contribution in [1.29, 1.82) is 0 Å². The number of nitrogens with one attached hydrogen (secondary N) is 1. The molecule has 0 unspecified atom stereocenters. The van der Waals surface area contributed by atoms with Crippen LogP contribution in [-0.2, 0) is 14.3 Å². The predicted molar refractivity (Wildman–Crippen MR) is 46.3 cm³/mol. The quantitative estimate of drug-likeness (QED) is 0.563. The Bertz CT molecular complexity index is 202. The molecule has 0 fully saturated rings. The van der Waals surface area contributed by atoms with Gasteiger partial charge in [-0.05, 0) is 6.42 Å². The molecule has 74 valence electrons. The van der Waals surface area contributed by atoms with E-state index in [1.54, 1.807) is 0 Å². The molecular weight excluding hydrogens is 174 g/mol. The molecule has 0 spiro atoms. The zero-order valence-corrected chi connectivity index (χ0v) is 7.45. The molecule has 5 heteroatoms. The molecule has 0 saturated carbocycles. The molecule has 0 aliphatic heterocycles. The van der Waals surface area contributed by atoms with Crippen molar-refractivity contribution in [1.82, 2.24) is 5.32 Å². The topological polar surface area (TPSA) is 75.6 Å². The van der Waals surface area contributed by atoms with Gasteiger partial charge in [-0.25, -0.2) is 4.79 Å². The molecule has 13 heavy (non-hydrogen) atoms. The average molecular weight is 187 g/mol. The molecule has 0 aromatic rings. The van der Waals surface area contributed by atoms with Gasteiger partial charge in [0.05, 0.1) is 0 Å². The maximum Gasteiger partial charge on any atom is 0.326 e. The second-order valence-electron chi connectivity index (χ2n) is 2.42. The van der Waals surface area contributed by atoms with E-state index < -0.39 is 17.9 Å². The molecule has 0 rings (SSSR count). The summed E-state index contributed by atoms with van der Waals surface area (Å²) in [5.74, 6) is -1.53. The van der Waals surface area contributed by atoms with Crippen molar-refractivity contribution in [2.24, 2.45) is 0 Å². The van der Waals surface area contributed by atoms with Crippen LogP contribution >= 0.6 is 0 Å². The van der Waals surface area contributed by atoms with Crippen LogP contribution in [0.15, 0.2) is 12.7 Å². The first-order chi connectivity index (χ1) is 6.11.